The van der Waals surface area contributed by atoms with Crippen molar-refractivity contribution in [2.45, 2.75) is 0 Å². The van der Waals surface area contributed by atoms with Crippen molar-refractivity contribution in [1.29, 1.82) is 0 Å². The van der Waals surface area contributed by atoms with E-state index in [0.29, 0.717) is 17.1 Å². The van der Waals surface area contributed by atoms with Gasteiger partial charge in [-0.3, -0.25) is 25.0 Å². The fourth-order valence-electron chi connectivity index (χ4n) is 2.76. The quantitative estimate of drug-likeness (QED) is 0.320. The number of benzene rings is 3. The molecule has 0 heterocycles. The number of hydrogen-bond donors (Lipinski definition) is 3. The molecule has 3 aromatic carbocycles. The van der Waals surface area contributed by atoms with E-state index in [1.165, 1.54) is 36.4 Å². The van der Waals surface area contributed by atoms with Gasteiger partial charge in [0.25, 0.3) is 17.3 Å². The molecular weight excluding hydrogens is 436 g/mol. The molecular formula is C21H16N4O8. The minimum Gasteiger partial charge on any atom is -0.484 e. The van der Waals surface area contributed by atoms with Gasteiger partial charge in [0, 0.05) is 17.4 Å². The van der Waals surface area contributed by atoms with Crippen LogP contribution in [0.25, 0.3) is 0 Å². The fraction of sp³-hybridized carbons (Fsp3) is 0.0476. The van der Waals surface area contributed by atoms with E-state index >= 15 is 0 Å². The van der Waals surface area contributed by atoms with Gasteiger partial charge < -0.3 is 20.5 Å². The highest BCUT2D eigenvalue weighted by Gasteiger charge is 2.19. The number of nitro groups is 2. The molecule has 0 aliphatic rings. The molecule has 12 heteroatoms. The molecule has 0 aliphatic carbocycles. The lowest BCUT2D eigenvalue weighted by molar-refractivity contribution is -0.393. The van der Waals surface area contributed by atoms with Gasteiger partial charge >= 0.3 is 5.97 Å². The first kappa shape index (κ1) is 22.7. The summed E-state index contributed by atoms with van der Waals surface area (Å²) in [6.07, 6.45) is 0. The average Bonchev–Trinajstić information content (AvgIpc) is 2.78. The van der Waals surface area contributed by atoms with Crippen molar-refractivity contribution in [2.75, 3.05) is 17.2 Å². The predicted octanol–water partition coefficient (Wildman–Crippen LogP) is 3.96. The van der Waals surface area contributed by atoms with E-state index in [-0.39, 0.29) is 17.9 Å². The van der Waals surface area contributed by atoms with E-state index in [2.05, 4.69) is 10.6 Å². The summed E-state index contributed by atoms with van der Waals surface area (Å²) in [6.45, 7) is -0.335. The van der Waals surface area contributed by atoms with Crippen LogP contribution in [0.1, 0.15) is 10.4 Å². The van der Waals surface area contributed by atoms with Crippen LogP contribution in [0.5, 0.6) is 5.75 Å². The van der Waals surface area contributed by atoms with Crippen LogP contribution in [-0.2, 0) is 4.79 Å². The summed E-state index contributed by atoms with van der Waals surface area (Å²) in [6, 6.07) is 15.2. The fourth-order valence-corrected chi connectivity index (χ4v) is 2.76. The Kier molecular flexibility index (Phi) is 6.78. The van der Waals surface area contributed by atoms with Crippen molar-refractivity contribution in [3.63, 3.8) is 0 Å². The molecule has 0 unspecified atom stereocenters. The van der Waals surface area contributed by atoms with Crippen LogP contribution in [-0.4, -0.2) is 33.4 Å². The highest BCUT2D eigenvalue weighted by molar-refractivity contribution is 5.94. The van der Waals surface area contributed by atoms with E-state index in [0.717, 1.165) is 12.1 Å². The third kappa shape index (κ3) is 6.01. The van der Waals surface area contributed by atoms with Gasteiger partial charge in [-0.05, 0) is 48.5 Å². The number of carboxylic acids is 1. The van der Waals surface area contributed by atoms with Crippen molar-refractivity contribution in [1.82, 2.24) is 0 Å². The second-order valence-corrected chi connectivity index (χ2v) is 6.59. The number of nitro benzene ring substituents is 2. The van der Waals surface area contributed by atoms with Gasteiger partial charge in [-0.15, -0.1) is 0 Å². The maximum atomic E-state index is 12.0. The van der Waals surface area contributed by atoms with Gasteiger partial charge in [0.2, 0.25) is 0 Å². The molecule has 168 valence electrons. The van der Waals surface area contributed by atoms with E-state index in [1.807, 2.05) is 0 Å². The van der Waals surface area contributed by atoms with Crippen LogP contribution < -0.4 is 15.4 Å². The maximum absolute atomic E-state index is 12.0. The number of nitrogens with zero attached hydrogens (tertiary/aromatic N) is 2. The topological polar surface area (TPSA) is 174 Å². The average molecular weight is 452 g/mol. The number of non-ortho nitro benzene ring substituents is 1. The Morgan fingerprint density at radius 2 is 1.64 bits per heavy atom. The zero-order valence-corrected chi connectivity index (χ0v) is 16.8. The third-order valence-electron chi connectivity index (χ3n) is 4.29. The van der Waals surface area contributed by atoms with Crippen LogP contribution in [0, 0.1) is 20.2 Å². The Labute approximate surface area is 185 Å². The molecule has 3 rings (SSSR count). The predicted molar refractivity (Wildman–Crippen MR) is 117 cm³/mol. The molecule has 0 fully saturated rings. The van der Waals surface area contributed by atoms with Crippen LogP contribution in [0.3, 0.4) is 0 Å². The zero-order valence-electron chi connectivity index (χ0n) is 16.8. The number of nitrogens with one attached hydrogen (secondary N) is 2. The monoisotopic (exact) mass is 452 g/mol. The number of ether oxygens (including phenoxy) is 1. The van der Waals surface area contributed by atoms with Crippen molar-refractivity contribution >= 4 is 40.3 Å². The van der Waals surface area contributed by atoms with Crippen LogP contribution >= 0.6 is 0 Å². The summed E-state index contributed by atoms with van der Waals surface area (Å²) in [7, 11) is 0. The highest BCUT2D eigenvalue weighted by Crippen LogP contribution is 2.31. The molecule has 3 aromatic rings. The Morgan fingerprint density at radius 3 is 2.27 bits per heavy atom. The Bertz CT molecular complexity index is 1230. The first-order valence-corrected chi connectivity index (χ1v) is 9.29. The van der Waals surface area contributed by atoms with Gasteiger partial charge in [0.1, 0.15) is 11.4 Å². The summed E-state index contributed by atoms with van der Waals surface area (Å²) in [5.74, 6) is -1.27. The molecule has 0 aromatic heterocycles. The second-order valence-electron chi connectivity index (χ2n) is 6.59. The Morgan fingerprint density at radius 1 is 0.909 bits per heavy atom. The number of carboxylic acid groups (broad SMARTS) is 1. The summed E-state index contributed by atoms with van der Waals surface area (Å²) in [5, 5.41) is 36.4. The maximum Gasteiger partial charge on any atom is 0.335 e. The Balaban J connectivity index is 1.60. The van der Waals surface area contributed by atoms with Gasteiger partial charge in [-0.1, -0.05) is 6.07 Å². The van der Waals surface area contributed by atoms with E-state index < -0.39 is 33.1 Å². The normalized spacial score (nSPS) is 10.2. The third-order valence-corrected chi connectivity index (χ3v) is 4.29. The van der Waals surface area contributed by atoms with E-state index in [1.54, 1.807) is 18.2 Å². The SMILES string of the molecule is O=C(COc1ccc(Nc2ccc([N+](=O)[O-])cc2[N+](=O)[O-])cc1)Nc1cccc(C(=O)O)c1. The van der Waals surface area contributed by atoms with Crippen molar-refractivity contribution < 1.29 is 29.3 Å². The van der Waals surface area contributed by atoms with Crippen LogP contribution in [0.15, 0.2) is 66.7 Å². The summed E-state index contributed by atoms with van der Waals surface area (Å²) in [5.41, 5.74) is 0.0198. The molecule has 0 spiro atoms. The molecule has 33 heavy (non-hydrogen) atoms. The summed E-state index contributed by atoms with van der Waals surface area (Å²) < 4.78 is 5.39. The molecule has 12 nitrogen and oxygen atoms in total. The minimum atomic E-state index is -1.12. The number of amides is 1. The lowest BCUT2D eigenvalue weighted by atomic mass is 10.2. The zero-order chi connectivity index (χ0) is 24.0. The number of rotatable bonds is 9. The summed E-state index contributed by atoms with van der Waals surface area (Å²) in [4.78, 5) is 43.6. The molecule has 0 bridgehead atoms. The lowest BCUT2D eigenvalue weighted by Crippen LogP contribution is -2.20. The minimum absolute atomic E-state index is 0.0325. The number of aromatic carboxylic acids is 1. The first-order chi connectivity index (χ1) is 15.7. The van der Waals surface area contributed by atoms with Crippen LogP contribution in [0.4, 0.5) is 28.4 Å². The van der Waals surface area contributed by atoms with Crippen LogP contribution in [0.2, 0.25) is 0 Å². The lowest BCUT2D eigenvalue weighted by Gasteiger charge is -2.10. The van der Waals surface area contributed by atoms with Gasteiger partial charge in [-0.25, -0.2) is 4.79 Å². The number of anilines is 3. The van der Waals surface area contributed by atoms with Crippen molar-refractivity contribution in [3.05, 3.63) is 92.5 Å². The highest BCUT2D eigenvalue weighted by atomic mass is 16.6. The van der Waals surface area contributed by atoms with Crippen molar-refractivity contribution in [3.8, 4) is 5.75 Å². The number of carbonyl (C=O) groups is 2. The second kappa shape index (κ2) is 9.87. The standard InChI is InChI=1S/C21H16N4O8/c26-20(23-15-3-1-2-13(10-15)21(27)28)12-33-17-7-4-14(5-8-17)22-18-9-6-16(24(29)30)11-19(18)25(31)32/h1-11,22H,12H2,(H,23,26)(H,27,28). The van der Waals surface area contributed by atoms with Gasteiger partial charge in [-0.2, -0.15) is 0 Å². The molecule has 0 radical (unpaired) electrons. The van der Waals surface area contributed by atoms with Gasteiger partial charge in [0.05, 0.1) is 21.5 Å². The van der Waals surface area contributed by atoms with E-state index in [9.17, 15) is 29.8 Å². The van der Waals surface area contributed by atoms with Crippen molar-refractivity contribution in [2.24, 2.45) is 0 Å². The molecule has 3 N–H and O–H groups in total. The first-order valence-electron chi connectivity index (χ1n) is 9.29. The molecule has 0 saturated carbocycles. The smallest absolute Gasteiger partial charge is 0.335 e. The molecule has 0 aliphatic heterocycles. The summed E-state index contributed by atoms with van der Waals surface area (Å²) >= 11 is 0. The largest absolute Gasteiger partial charge is 0.484 e. The van der Waals surface area contributed by atoms with Gasteiger partial charge in [0.15, 0.2) is 6.61 Å². The van der Waals surface area contributed by atoms with E-state index in [4.69, 9.17) is 9.84 Å². The number of hydrogen-bond acceptors (Lipinski definition) is 8. The Hall–Kier alpha value is -5.00. The molecule has 0 atom stereocenters. The number of carbonyl (C=O) groups excluding carboxylic acids is 1. The molecule has 0 saturated heterocycles. The molecule has 1 amide bonds.